The van der Waals surface area contributed by atoms with Gasteiger partial charge in [-0.1, -0.05) is 61.5 Å². The summed E-state index contributed by atoms with van der Waals surface area (Å²) in [4.78, 5) is 28.8. The summed E-state index contributed by atoms with van der Waals surface area (Å²) >= 11 is 12.6. The molecule has 3 rings (SSSR count). The van der Waals surface area contributed by atoms with Gasteiger partial charge in [-0.25, -0.2) is 0 Å². The molecule has 1 aliphatic carbocycles. The summed E-state index contributed by atoms with van der Waals surface area (Å²) in [5, 5.41) is 4.22. The predicted molar refractivity (Wildman–Crippen MR) is 153 cm³/mol. The van der Waals surface area contributed by atoms with Crippen LogP contribution >= 0.6 is 23.2 Å². The maximum absolute atomic E-state index is 13.7. The molecule has 1 saturated carbocycles. The van der Waals surface area contributed by atoms with E-state index in [1.165, 1.54) is 6.42 Å². The zero-order valence-electron chi connectivity index (χ0n) is 22.7. The second-order valence-corrected chi connectivity index (χ2v) is 10.5. The molecule has 0 unspecified atom stereocenters. The van der Waals surface area contributed by atoms with Gasteiger partial charge in [0.2, 0.25) is 11.8 Å². The van der Waals surface area contributed by atoms with Crippen LogP contribution in [-0.4, -0.2) is 42.0 Å². The van der Waals surface area contributed by atoms with Gasteiger partial charge >= 0.3 is 0 Å². The van der Waals surface area contributed by atoms with Gasteiger partial charge in [-0.3, -0.25) is 9.59 Å². The summed E-state index contributed by atoms with van der Waals surface area (Å²) in [7, 11) is 0. The number of benzene rings is 2. The number of nitrogens with zero attached hydrogens (tertiary/aromatic N) is 1. The molecule has 2 aromatic carbocycles. The highest BCUT2D eigenvalue weighted by atomic mass is 35.5. The van der Waals surface area contributed by atoms with Crippen molar-refractivity contribution in [3.05, 3.63) is 57.6 Å². The SMILES string of the molecule is CCOc1ccc(CCC(=O)N(Cc2ccc(Cl)cc2Cl)[C@H](CC)C(=O)NC2CCCCC2)cc1OCC. The Kier molecular flexibility index (Phi) is 12.1. The molecule has 0 saturated heterocycles. The lowest BCUT2D eigenvalue weighted by atomic mass is 9.95. The van der Waals surface area contributed by atoms with Crippen molar-refractivity contribution in [3.8, 4) is 11.5 Å². The topological polar surface area (TPSA) is 67.9 Å². The third-order valence-electron chi connectivity index (χ3n) is 6.93. The fourth-order valence-electron chi connectivity index (χ4n) is 4.94. The van der Waals surface area contributed by atoms with E-state index >= 15 is 0 Å². The molecular weight excluding hydrogens is 523 g/mol. The standard InChI is InChI=1S/C30H40Cl2N2O4/c1-4-26(30(36)33-24-10-8-7-9-11-24)34(20-22-14-15-23(31)19-25(22)32)29(35)17-13-21-12-16-27(37-5-2)28(18-21)38-6-3/h12,14-16,18-19,24,26H,4-11,13,17,20H2,1-3H3,(H,33,36)/t26-/m1/s1. The highest BCUT2D eigenvalue weighted by molar-refractivity contribution is 6.35. The van der Waals surface area contributed by atoms with Crippen LogP contribution in [-0.2, 0) is 22.6 Å². The molecule has 1 atom stereocenters. The first-order valence-corrected chi connectivity index (χ1v) is 14.5. The lowest BCUT2D eigenvalue weighted by Crippen LogP contribution is -2.51. The first kappa shape index (κ1) is 30.1. The highest BCUT2D eigenvalue weighted by Crippen LogP contribution is 2.30. The quantitative estimate of drug-likeness (QED) is 0.286. The number of aryl methyl sites for hydroxylation is 1. The van der Waals surface area contributed by atoms with E-state index < -0.39 is 6.04 Å². The molecule has 6 nitrogen and oxygen atoms in total. The lowest BCUT2D eigenvalue weighted by molar-refractivity contribution is -0.141. The fraction of sp³-hybridized carbons (Fsp3) is 0.533. The maximum Gasteiger partial charge on any atom is 0.243 e. The van der Waals surface area contributed by atoms with Crippen LogP contribution in [0.1, 0.15) is 76.8 Å². The third kappa shape index (κ3) is 8.54. The second kappa shape index (κ2) is 15.2. The Bertz CT molecular complexity index is 1070. The van der Waals surface area contributed by atoms with Gasteiger partial charge in [-0.2, -0.15) is 0 Å². The van der Waals surface area contributed by atoms with Crippen molar-refractivity contribution in [1.82, 2.24) is 10.2 Å². The number of carbonyl (C=O) groups is 2. The molecule has 0 heterocycles. The number of nitrogens with one attached hydrogen (secondary N) is 1. The van der Waals surface area contributed by atoms with E-state index in [2.05, 4.69) is 5.32 Å². The Labute approximate surface area is 237 Å². The minimum Gasteiger partial charge on any atom is -0.490 e. The summed E-state index contributed by atoms with van der Waals surface area (Å²) in [5.74, 6) is 1.15. The molecule has 0 spiro atoms. The van der Waals surface area contributed by atoms with Crippen LogP contribution in [0, 0.1) is 0 Å². The van der Waals surface area contributed by atoms with Gasteiger partial charge in [0.05, 0.1) is 13.2 Å². The van der Waals surface area contributed by atoms with E-state index in [0.29, 0.717) is 47.6 Å². The molecule has 1 aliphatic rings. The number of hydrogen-bond donors (Lipinski definition) is 1. The average Bonchev–Trinajstić information content (AvgIpc) is 2.90. The van der Waals surface area contributed by atoms with Crippen molar-refractivity contribution in [3.63, 3.8) is 0 Å². The number of carbonyl (C=O) groups excluding carboxylic acids is 2. The van der Waals surface area contributed by atoms with Crippen LogP contribution in [0.5, 0.6) is 11.5 Å². The largest absolute Gasteiger partial charge is 0.490 e. The average molecular weight is 564 g/mol. The number of rotatable bonds is 13. The van der Waals surface area contributed by atoms with Crippen molar-refractivity contribution in [2.45, 2.75) is 90.8 Å². The van der Waals surface area contributed by atoms with Gasteiger partial charge in [-0.05, 0) is 74.9 Å². The summed E-state index contributed by atoms with van der Waals surface area (Å²) in [5.41, 5.74) is 1.72. The Morgan fingerprint density at radius 2 is 1.68 bits per heavy atom. The summed E-state index contributed by atoms with van der Waals surface area (Å²) in [6.07, 6.45) is 6.69. The smallest absolute Gasteiger partial charge is 0.243 e. The van der Waals surface area contributed by atoms with E-state index in [0.717, 1.165) is 36.8 Å². The van der Waals surface area contributed by atoms with Crippen molar-refractivity contribution in [2.24, 2.45) is 0 Å². The first-order valence-electron chi connectivity index (χ1n) is 13.8. The molecule has 0 bridgehead atoms. The minimum absolute atomic E-state index is 0.0995. The van der Waals surface area contributed by atoms with Gasteiger partial charge in [-0.15, -0.1) is 0 Å². The van der Waals surface area contributed by atoms with Gasteiger partial charge < -0.3 is 19.7 Å². The zero-order chi connectivity index (χ0) is 27.5. The molecule has 208 valence electrons. The van der Waals surface area contributed by atoms with Crippen LogP contribution in [0.25, 0.3) is 0 Å². The Morgan fingerprint density at radius 1 is 0.974 bits per heavy atom. The normalized spacial score (nSPS) is 14.6. The number of hydrogen-bond acceptors (Lipinski definition) is 4. The van der Waals surface area contributed by atoms with Crippen molar-refractivity contribution >= 4 is 35.0 Å². The van der Waals surface area contributed by atoms with Crippen LogP contribution in [0.15, 0.2) is 36.4 Å². The van der Waals surface area contributed by atoms with Gasteiger partial charge in [0, 0.05) is 29.1 Å². The van der Waals surface area contributed by atoms with Crippen molar-refractivity contribution < 1.29 is 19.1 Å². The van der Waals surface area contributed by atoms with Crippen LogP contribution in [0.2, 0.25) is 10.0 Å². The molecule has 1 N–H and O–H groups in total. The molecular formula is C30H40Cl2N2O4. The molecule has 0 aliphatic heterocycles. The van der Waals surface area contributed by atoms with E-state index in [4.69, 9.17) is 32.7 Å². The molecule has 8 heteroatoms. The maximum atomic E-state index is 13.7. The monoisotopic (exact) mass is 562 g/mol. The minimum atomic E-state index is -0.588. The van der Waals surface area contributed by atoms with Gasteiger partial charge in [0.25, 0.3) is 0 Å². The Morgan fingerprint density at radius 3 is 2.34 bits per heavy atom. The van der Waals surface area contributed by atoms with E-state index in [1.54, 1.807) is 17.0 Å². The third-order valence-corrected chi connectivity index (χ3v) is 7.52. The van der Waals surface area contributed by atoms with Crippen LogP contribution in [0.4, 0.5) is 0 Å². The van der Waals surface area contributed by atoms with E-state index in [9.17, 15) is 9.59 Å². The summed E-state index contributed by atoms with van der Waals surface area (Å²) in [6.45, 7) is 7.09. The molecule has 0 aromatic heterocycles. The Balaban J connectivity index is 1.79. The summed E-state index contributed by atoms with van der Waals surface area (Å²) < 4.78 is 11.4. The van der Waals surface area contributed by atoms with Gasteiger partial charge in [0.1, 0.15) is 6.04 Å². The first-order chi connectivity index (χ1) is 18.4. The number of halogens is 2. The van der Waals surface area contributed by atoms with Crippen molar-refractivity contribution in [2.75, 3.05) is 13.2 Å². The highest BCUT2D eigenvalue weighted by Gasteiger charge is 2.30. The zero-order valence-corrected chi connectivity index (χ0v) is 24.2. The van der Waals surface area contributed by atoms with Crippen LogP contribution < -0.4 is 14.8 Å². The predicted octanol–water partition coefficient (Wildman–Crippen LogP) is 6.98. The molecule has 2 amide bonds. The second-order valence-electron chi connectivity index (χ2n) is 9.67. The Hall–Kier alpha value is -2.44. The molecule has 2 aromatic rings. The fourth-order valence-corrected chi connectivity index (χ4v) is 5.41. The molecule has 0 radical (unpaired) electrons. The number of ether oxygens (including phenoxy) is 2. The number of amides is 2. The molecule has 1 fully saturated rings. The summed E-state index contributed by atoms with van der Waals surface area (Å²) in [6, 6.07) is 10.6. The van der Waals surface area contributed by atoms with Crippen molar-refractivity contribution in [1.29, 1.82) is 0 Å². The lowest BCUT2D eigenvalue weighted by Gasteiger charge is -2.33. The van der Waals surface area contributed by atoms with E-state index in [1.807, 2.05) is 45.0 Å². The van der Waals surface area contributed by atoms with E-state index in [-0.39, 0.29) is 30.8 Å². The van der Waals surface area contributed by atoms with Gasteiger partial charge in [0.15, 0.2) is 11.5 Å². The molecule has 38 heavy (non-hydrogen) atoms. The van der Waals surface area contributed by atoms with Crippen LogP contribution in [0.3, 0.4) is 0 Å².